The van der Waals surface area contributed by atoms with E-state index in [0.29, 0.717) is 0 Å². The minimum Gasteiger partial charge on any atom is -0.493 e. The van der Waals surface area contributed by atoms with Crippen molar-refractivity contribution < 1.29 is 14.2 Å². The Bertz CT molecular complexity index is 381. The minimum atomic E-state index is 0.0174. The molecule has 0 aromatic heterocycles. The molecule has 1 aliphatic heterocycles. The standard InChI is InChI=1S/C13H19NO3/c1-9-7-14-8-12(17-9)10-5-4-6-11(15-2)13(10)16-3/h4-6,9,12,14H,7-8H2,1-3H3. The molecule has 1 heterocycles. The number of nitrogens with one attached hydrogen (secondary N) is 1. The summed E-state index contributed by atoms with van der Waals surface area (Å²) in [7, 11) is 3.30. The van der Waals surface area contributed by atoms with Crippen molar-refractivity contribution in [1.29, 1.82) is 0 Å². The van der Waals surface area contributed by atoms with Crippen LogP contribution in [-0.4, -0.2) is 33.4 Å². The minimum absolute atomic E-state index is 0.0174. The van der Waals surface area contributed by atoms with Gasteiger partial charge in [-0.3, -0.25) is 0 Å². The van der Waals surface area contributed by atoms with Crippen LogP contribution >= 0.6 is 0 Å². The third-order valence-electron chi connectivity index (χ3n) is 2.94. The van der Waals surface area contributed by atoms with Crippen molar-refractivity contribution in [1.82, 2.24) is 5.32 Å². The molecule has 2 atom stereocenters. The molecule has 2 rings (SSSR count). The van der Waals surface area contributed by atoms with Crippen LogP contribution in [0.25, 0.3) is 0 Å². The number of methoxy groups -OCH3 is 2. The second-order valence-electron chi connectivity index (χ2n) is 4.18. The lowest BCUT2D eigenvalue weighted by Gasteiger charge is -2.30. The largest absolute Gasteiger partial charge is 0.493 e. The maximum atomic E-state index is 5.92. The molecule has 2 unspecified atom stereocenters. The van der Waals surface area contributed by atoms with E-state index in [1.54, 1.807) is 14.2 Å². The Kier molecular flexibility index (Phi) is 3.86. The fourth-order valence-corrected chi connectivity index (χ4v) is 2.14. The molecule has 1 aromatic rings. The molecule has 1 N–H and O–H groups in total. The number of hydrogen-bond donors (Lipinski definition) is 1. The molecule has 17 heavy (non-hydrogen) atoms. The number of hydrogen-bond acceptors (Lipinski definition) is 4. The van der Waals surface area contributed by atoms with Crippen LogP contribution in [0.4, 0.5) is 0 Å². The predicted octanol–water partition coefficient (Wildman–Crippen LogP) is 1.75. The average molecular weight is 237 g/mol. The highest BCUT2D eigenvalue weighted by Crippen LogP contribution is 2.36. The number of morpholine rings is 1. The van der Waals surface area contributed by atoms with Crippen molar-refractivity contribution in [3.8, 4) is 11.5 Å². The van der Waals surface area contributed by atoms with E-state index in [9.17, 15) is 0 Å². The van der Waals surface area contributed by atoms with E-state index < -0.39 is 0 Å². The van der Waals surface area contributed by atoms with Gasteiger partial charge >= 0.3 is 0 Å². The third kappa shape index (κ3) is 2.53. The molecule has 1 aromatic carbocycles. The van der Waals surface area contributed by atoms with Crippen LogP contribution in [0.1, 0.15) is 18.6 Å². The van der Waals surface area contributed by atoms with Gasteiger partial charge in [0.1, 0.15) is 0 Å². The maximum Gasteiger partial charge on any atom is 0.166 e. The molecule has 1 aliphatic rings. The molecule has 0 amide bonds. The molecule has 1 saturated heterocycles. The highest BCUT2D eigenvalue weighted by Gasteiger charge is 2.24. The lowest BCUT2D eigenvalue weighted by Crippen LogP contribution is -2.39. The first-order valence-corrected chi connectivity index (χ1v) is 5.83. The van der Waals surface area contributed by atoms with E-state index >= 15 is 0 Å². The molecule has 1 fully saturated rings. The van der Waals surface area contributed by atoms with E-state index in [4.69, 9.17) is 14.2 Å². The van der Waals surface area contributed by atoms with Crippen molar-refractivity contribution in [3.05, 3.63) is 23.8 Å². The van der Waals surface area contributed by atoms with Gasteiger partial charge in [0, 0.05) is 18.7 Å². The zero-order valence-corrected chi connectivity index (χ0v) is 10.5. The summed E-state index contributed by atoms with van der Waals surface area (Å²) in [5.41, 5.74) is 1.03. The second-order valence-corrected chi connectivity index (χ2v) is 4.18. The van der Waals surface area contributed by atoms with Gasteiger partial charge in [0.25, 0.3) is 0 Å². The Morgan fingerprint density at radius 3 is 2.71 bits per heavy atom. The predicted molar refractivity (Wildman–Crippen MR) is 65.7 cm³/mol. The lowest BCUT2D eigenvalue weighted by atomic mass is 10.1. The van der Waals surface area contributed by atoms with Gasteiger partial charge in [0.2, 0.25) is 0 Å². The van der Waals surface area contributed by atoms with Crippen LogP contribution in [0.5, 0.6) is 11.5 Å². The van der Waals surface area contributed by atoms with Crippen molar-refractivity contribution in [3.63, 3.8) is 0 Å². The van der Waals surface area contributed by atoms with Gasteiger partial charge in [-0.25, -0.2) is 0 Å². The summed E-state index contributed by atoms with van der Waals surface area (Å²) in [5, 5.41) is 3.35. The van der Waals surface area contributed by atoms with Crippen LogP contribution in [0, 0.1) is 0 Å². The Hall–Kier alpha value is -1.26. The van der Waals surface area contributed by atoms with Crippen LogP contribution in [0.2, 0.25) is 0 Å². The van der Waals surface area contributed by atoms with Gasteiger partial charge in [0.15, 0.2) is 11.5 Å². The molecule has 0 radical (unpaired) electrons. The molecule has 4 heteroatoms. The summed E-state index contributed by atoms with van der Waals surface area (Å²) in [6.07, 6.45) is 0.230. The Morgan fingerprint density at radius 2 is 2.06 bits per heavy atom. The Labute approximate surface area is 102 Å². The smallest absolute Gasteiger partial charge is 0.166 e. The molecular weight excluding hydrogens is 218 g/mol. The van der Waals surface area contributed by atoms with Crippen LogP contribution in [-0.2, 0) is 4.74 Å². The maximum absolute atomic E-state index is 5.92. The summed E-state index contributed by atoms with van der Waals surface area (Å²) in [6.45, 7) is 3.75. The quantitative estimate of drug-likeness (QED) is 0.869. The van der Waals surface area contributed by atoms with Crippen molar-refractivity contribution in [2.75, 3.05) is 27.3 Å². The molecule has 0 bridgehead atoms. The third-order valence-corrected chi connectivity index (χ3v) is 2.94. The molecule has 0 spiro atoms. The summed E-state index contributed by atoms with van der Waals surface area (Å²) in [6, 6.07) is 5.87. The van der Waals surface area contributed by atoms with E-state index in [-0.39, 0.29) is 12.2 Å². The second kappa shape index (κ2) is 5.38. The van der Waals surface area contributed by atoms with Crippen molar-refractivity contribution in [2.24, 2.45) is 0 Å². The van der Waals surface area contributed by atoms with Crippen LogP contribution in [0.15, 0.2) is 18.2 Å². The summed E-state index contributed by atoms with van der Waals surface area (Å²) in [5.74, 6) is 1.50. The van der Waals surface area contributed by atoms with Gasteiger partial charge in [0.05, 0.1) is 26.4 Å². The van der Waals surface area contributed by atoms with Gasteiger partial charge in [-0.1, -0.05) is 12.1 Å². The monoisotopic (exact) mass is 237 g/mol. The first-order valence-electron chi connectivity index (χ1n) is 5.83. The van der Waals surface area contributed by atoms with E-state index in [1.807, 2.05) is 18.2 Å². The van der Waals surface area contributed by atoms with Crippen molar-refractivity contribution in [2.45, 2.75) is 19.1 Å². The van der Waals surface area contributed by atoms with E-state index in [0.717, 1.165) is 30.2 Å². The van der Waals surface area contributed by atoms with Gasteiger partial charge in [-0.05, 0) is 13.0 Å². The molecule has 0 aliphatic carbocycles. The van der Waals surface area contributed by atoms with Crippen LogP contribution < -0.4 is 14.8 Å². The summed E-state index contributed by atoms with van der Waals surface area (Å²) in [4.78, 5) is 0. The van der Waals surface area contributed by atoms with Gasteiger partial charge in [-0.2, -0.15) is 0 Å². The van der Waals surface area contributed by atoms with E-state index in [1.165, 1.54) is 0 Å². The number of ether oxygens (including phenoxy) is 3. The number of para-hydroxylation sites is 1. The first-order chi connectivity index (χ1) is 8.26. The van der Waals surface area contributed by atoms with E-state index in [2.05, 4.69) is 12.2 Å². The zero-order valence-electron chi connectivity index (χ0n) is 10.5. The Morgan fingerprint density at radius 1 is 1.24 bits per heavy atom. The van der Waals surface area contributed by atoms with Crippen molar-refractivity contribution >= 4 is 0 Å². The normalized spacial score (nSPS) is 24.4. The summed E-state index contributed by atoms with van der Waals surface area (Å²) < 4.78 is 16.6. The number of benzene rings is 1. The van der Waals surface area contributed by atoms with Crippen LogP contribution in [0.3, 0.4) is 0 Å². The fraction of sp³-hybridized carbons (Fsp3) is 0.538. The highest BCUT2D eigenvalue weighted by atomic mass is 16.5. The van der Waals surface area contributed by atoms with Gasteiger partial charge < -0.3 is 19.5 Å². The zero-order chi connectivity index (χ0) is 12.3. The topological polar surface area (TPSA) is 39.7 Å². The summed E-state index contributed by atoms with van der Waals surface area (Å²) >= 11 is 0. The average Bonchev–Trinajstić information content (AvgIpc) is 2.37. The fourth-order valence-electron chi connectivity index (χ4n) is 2.14. The number of rotatable bonds is 3. The first kappa shape index (κ1) is 12.2. The molecule has 94 valence electrons. The van der Waals surface area contributed by atoms with Gasteiger partial charge in [-0.15, -0.1) is 0 Å². The molecule has 0 saturated carbocycles. The molecular formula is C13H19NO3. The Balaban J connectivity index is 2.30. The molecule has 4 nitrogen and oxygen atoms in total. The lowest BCUT2D eigenvalue weighted by molar-refractivity contribution is -0.0298. The highest BCUT2D eigenvalue weighted by molar-refractivity contribution is 5.47. The SMILES string of the molecule is COc1cccc(C2CNCC(C)O2)c1OC.